The molecule has 0 saturated carbocycles. The number of amides is 2. The van der Waals surface area contributed by atoms with Crippen molar-refractivity contribution >= 4 is 39.5 Å². The minimum atomic E-state index is -1.32. The van der Waals surface area contributed by atoms with Crippen molar-refractivity contribution in [2.45, 2.75) is 25.1 Å². The van der Waals surface area contributed by atoms with Gasteiger partial charge in [0.15, 0.2) is 0 Å². The van der Waals surface area contributed by atoms with Gasteiger partial charge in [0.2, 0.25) is 5.91 Å². The molecule has 8 nitrogen and oxygen atoms in total. The summed E-state index contributed by atoms with van der Waals surface area (Å²) >= 11 is 0. The number of methoxy groups -OCH3 is 1. The average Bonchev–Trinajstić information content (AvgIpc) is 2.94. The number of nitrogens with one attached hydrogen (secondary N) is 2. The maximum absolute atomic E-state index is 13.0. The van der Waals surface area contributed by atoms with E-state index in [0.29, 0.717) is 0 Å². The summed E-state index contributed by atoms with van der Waals surface area (Å²) < 4.78 is 10.1. The van der Waals surface area contributed by atoms with E-state index in [0.717, 1.165) is 32.7 Å². The zero-order valence-electron chi connectivity index (χ0n) is 20.3. The minimum absolute atomic E-state index is 0.00534. The van der Waals surface area contributed by atoms with Gasteiger partial charge in [0, 0.05) is 6.42 Å². The van der Waals surface area contributed by atoms with Gasteiger partial charge >= 0.3 is 12.1 Å². The quantitative estimate of drug-likeness (QED) is 0.240. The van der Waals surface area contributed by atoms with E-state index in [1.54, 1.807) is 12.1 Å². The molecule has 4 aromatic rings. The predicted octanol–water partition coefficient (Wildman–Crippen LogP) is 3.48. The smallest absolute Gasteiger partial charge is 0.408 e. The second-order valence-corrected chi connectivity index (χ2v) is 8.53. The van der Waals surface area contributed by atoms with Gasteiger partial charge in [-0.15, -0.1) is 0 Å². The summed E-state index contributed by atoms with van der Waals surface area (Å²) in [4.78, 5) is 37.9. The highest BCUT2D eigenvalue weighted by Crippen LogP contribution is 2.29. The van der Waals surface area contributed by atoms with Crippen LogP contribution < -0.4 is 10.6 Å². The first kappa shape index (κ1) is 25.7. The van der Waals surface area contributed by atoms with Crippen LogP contribution in [0, 0.1) is 0 Å². The van der Waals surface area contributed by atoms with Crippen molar-refractivity contribution in [3.63, 3.8) is 0 Å². The topological polar surface area (TPSA) is 114 Å². The van der Waals surface area contributed by atoms with Gasteiger partial charge in [-0.25, -0.2) is 9.59 Å². The van der Waals surface area contributed by atoms with E-state index < -0.39 is 36.7 Å². The molecule has 0 aromatic heterocycles. The van der Waals surface area contributed by atoms with Crippen molar-refractivity contribution in [3.05, 3.63) is 96.1 Å². The van der Waals surface area contributed by atoms with Crippen molar-refractivity contribution in [1.82, 2.24) is 10.6 Å². The molecule has 0 unspecified atom stereocenters. The Morgan fingerprint density at radius 3 is 2.00 bits per heavy atom. The fourth-order valence-electron chi connectivity index (χ4n) is 4.24. The molecule has 0 aliphatic carbocycles. The Balaban J connectivity index is 1.52. The van der Waals surface area contributed by atoms with Crippen molar-refractivity contribution in [2.24, 2.45) is 0 Å². The lowest BCUT2D eigenvalue weighted by atomic mass is 9.92. The van der Waals surface area contributed by atoms with Crippen LogP contribution in [0.25, 0.3) is 21.5 Å². The molecule has 3 N–H and O–H groups in total. The first-order valence-electron chi connectivity index (χ1n) is 11.9. The number of benzene rings is 4. The van der Waals surface area contributed by atoms with Crippen molar-refractivity contribution < 1.29 is 29.0 Å². The fourth-order valence-corrected chi connectivity index (χ4v) is 4.24. The molecule has 0 bridgehead atoms. The molecule has 0 spiro atoms. The highest BCUT2D eigenvalue weighted by Gasteiger charge is 2.28. The molecule has 4 rings (SSSR count). The van der Waals surface area contributed by atoms with Crippen LogP contribution in [0.1, 0.15) is 11.1 Å². The highest BCUT2D eigenvalue weighted by atomic mass is 16.5. The van der Waals surface area contributed by atoms with Gasteiger partial charge in [-0.3, -0.25) is 4.79 Å². The van der Waals surface area contributed by atoms with Crippen molar-refractivity contribution in [2.75, 3.05) is 13.7 Å². The van der Waals surface area contributed by atoms with Crippen LogP contribution in [0.2, 0.25) is 0 Å². The van der Waals surface area contributed by atoms with E-state index in [9.17, 15) is 19.5 Å². The van der Waals surface area contributed by atoms with E-state index in [2.05, 4.69) is 16.7 Å². The molecule has 0 aliphatic heterocycles. The zero-order chi connectivity index (χ0) is 26.2. The number of hydrogen-bond acceptors (Lipinski definition) is 6. The SMILES string of the molecule is COC(=O)[C@H](Cc1c2ccccc2cc2ccccc12)NC(=O)[C@H](CO)NC(=O)OCc1ccccc1. The zero-order valence-corrected chi connectivity index (χ0v) is 20.3. The molecule has 2 atom stereocenters. The number of hydrogen-bond donors (Lipinski definition) is 3. The van der Waals surface area contributed by atoms with Crippen LogP contribution in [0.4, 0.5) is 4.79 Å². The molecule has 0 saturated heterocycles. The number of aliphatic hydroxyl groups excluding tert-OH is 1. The van der Waals surface area contributed by atoms with Gasteiger partial charge in [-0.05, 0) is 38.7 Å². The largest absolute Gasteiger partial charge is 0.467 e. The lowest BCUT2D eigenvalue weighted by Crippen LogP contribution is -2.54. The summed E-state index contributed by atoms with van der Waals surface area (Å²) in [5.41, 5.74) is 1.65. The molecule has 190 valence electrons. The van der Waals surface area contributed by atoms with Crippen LogP contribution in [0.15, 0.2) is 84.9 Å². The van der Waals surface area contributed by atoms with Crippen LogP contribution in [-0.2, 0) is 32.1 Å². The second-order valence-electron chi connectivity index (χ2n) is 8.53. The normalized spacial score (nSPS) is 12.5. The third kappa shape index (κ3) is 6.23. The Morgan fingerprint density at radius 2 is 1.41 bits per heavy atom. The molecule has 0 aliphatic rings. The fraction of sp³-hybridized carbons (Fsp3) is 0.207. The van der Waals surface area contributed by atoms with E-state index in [-0.39, 0.29) is 13.0 Å². The second kappa shape index (κ2) is 12.0. The van der Waals surface area contributed by atoms with Gasteiger partial charge in [0.05, 0.1) is 13.7 Å². The number of aliphatic hydroxyl groups is 1. The summed E-state index contributed by atoms with van der Waals surface area (Å²) in [6.45, 7) is -0.678. The number of esters is 1. The van der Waals surface area contributed by atoms with Crippen LogP contribution in [-0.4, -0.2) is 48.9 Å². The standard InChI is InChI=1S/C29H28N2O6/c1-36-28(34)25(16-24-22-13-7-5-11-20(22)15-21-12-6-8-14-23(21)24)30-27(33)26(17-32)31-29(35)37-18-19-9-3-2-4-10-19/h2-15,25-26,32H,16-18H2,1H3,(H,30,33)(H,31,35)/t25-,26-/m0/s1. The van der Waals surface area contributed by atoms with Gasteiger partial charge in [0.25, 0.3) is 0 Å². The van der Waals surface area contributed by atoms with Gasteiger partial charge < -0.3 is 25.2 Å². The molecular weight excluding hydrogens is 472 g/mol. The molecule has 0 radical (unpaired) electrons. The maximum Gasteiger partial charge on any atom is 0.408 e. The Bertz CT molecular complexity index is 1350. The van der Waals surface area contributed by atoms with E-state index in [4.69, 9.17) is 9.47 Å². The van der Waals surface area contributed by atoms with Crippen molar-refractivity contribution in [1.29, 1.82) is 0 Å². The summed E-state index contributed by atoms with van der Waals surface area (Å²) in [6, 6.07) is 24.4. The van der Waals surface area contributed by atoms with E-state index in [1.165, 1.54) is 7.11 Å². The maximum atomic E-state index is 13.0. The Morgan fingerprint density at radius 1 is 0.811 bits per heavy atom. The molecule has 2 amide bonds. The summed E-state index contributed by atoms with van der Waals surface area (Å²) in [5, 5.41) is 18.6. The van der Waals surface area contributed by atoms with E-state index in [1.807, 2.05) is 66.7 Å². The summed E-state index contributed by atoms with van der Waals surface area (Å²) in [7, 11) is 1.24. The third-order valence-electron chi connectivity index (χ3n) is 6.10. The Kier molecular flexibility index (Phi) is 8.33. The molecule has 0 fully saturated rings. The molecule has 0 heterocycles. The summed E-state index contributed by atoms with van der Waals surface area (Å²) in [6.07, 6.45) is -0.718. The Hall–Kier alpha value is -4.43. The first-order valence-corrected chi connectivity index (χ1v) is 11.9. The predicted molar refractivity (Wildman–Crippen MR) is 140 cm³/mol. The minimum Gasteiger partial charge on any atom is -0.467 e. The van der Waals surface area contributed by atoms with E-state index >= 15 is 0 Å². The third-order valence-corrected chi connectivity index (χ3v) is 6.10. The number of carbonyl (C=O) groups is 3. The van der Waals surface area contributed by atoms with Crippen LogP contribution in [0.5, 0.6) is 0 Å². The lowest BCUT2D eigenvalue weighted by molar-refractivity contribution is -0.145. The molecular formula is C29H28N2O6. The highest BCUT2D eigenvalue weighted by molar-refractivity contribution is 6.03. The number of fused-ring (bicyclic) bond motifs is 2. The van der Waals surface area contributed by atoms with Crippen LogP contribution in [0.3, 0.4) is 0 Å². The number of carbonyl (C=O) groups excluding carboxylic acids is 3. The van der Waals surface area contributed by atoms with Gasteiger partial charge in [-0.2, -0.15) is 0 Å². The Labute approximate surface area is 214 Å². The number of rotatable bonds is 9. The monoisotopic (exact) mass is 500 g/mol. The van der Waals surface area contributed by atoms with Crippen LogP contribution >= 0.6 is 0 Å². The first-order chi connectivity index (χ1) is 18.0. The van der Waals surface area contributed by atoms with Crippen molar-refractivity contribution in [3.8, 4) is 0 Å². The lowest BCUT2D eigenvalue weighted by Gasteiger charge is -2.22. The molecule has 4 aromatic carbocycles. The molecule has 8 heteroatoms. The van der Waals surface area contributed by atoms with Gasteiger partial charge in [-0.1, -0.05) is 78.9 Å². The van der Waals surface area contributed by atoms with Gasteiger partial charge in [0.1, 0.15) is 18.7 Å². The number of ether oxygens (including phenoxy) is 2. The number of alkyl carbamates (subject to hydrolysis) is 1. The molecule has 37 heavy (non-hydrogen) atoms. The average molecular weight is 501 g/mol. The summed E-state index contributed by atoms with van der Waals surface area (Å²) in [5.74, 6) is -1.38.